The molecule has 3 atom stereocenters. The lowest BCUT2D eigenvalue weighted by molar-refractivity contribution is -0.151. The van der Waals surface area contributed by atoms with E-state index in [9.17, 15) is 5.11 Å². The van der Waals surface area contributed by atoms with Crippen LogP contribution in [0, 0.1) is 0 Å². The number of halogens is 1. The van der Waals surface area contributed by atoms with Crippen LogP contribution in [0.5, 0.6) is 5.75 Å². The normalized spacial score (nSPS) is 25.2. The van der Waals surface area contributed by atoms with Crippen molar-refractivity contribution in [1.29, 1.82) is 0 Å². The lowest BCUT2D eigenvalue weighted by Crippen LogP contribution is -2.43. The SMILES string of the molecule is CC(C)c1ccc2c(c1)C1OCCOC1C(c1ccc(O)cc1Cl)N2. The summed E-state index contributed by atoms with van der Waals surface area (Å²) in [7, 11) is 0. The van der Waals surface area contributed by atoms with Crippen LogP contribution in [0.15, 0.2) is 36.4 Å². The number of benzene rings is 2. The molecule has 3 unspecified atom stereocenters. The highest BCUT2D eigenvalue weighted by Crippen LogP contribution is 2.46. The Morgan fingerprint density at radius 2 is 1.88 bits per heavy atom. The van der Waals surface area contributed by atoms with Crippen LogP contribution < -0.4 is 5.32 Å². The molecule has 25 heavy (non-hydrogen) atoms. The molecule has 0 aliphatic carbocycles. The fourth-order valence-corrected chi connectivity index (χ4v) is 3.95. The molecule has 4 nitrogen and oxygen atoms in total. The first-order valence-corrected chi connectivity index (χ1v) is 9.04. The van der Waals surface area contributed by atoms with Gasteiger partial charge in [-0.25, -0.2) is 0 Å². The molecule has 0 saturated carbocycles. The van der Waals surface area contributed by atoms with Gasteiger partial charge in [0.2, 0.25) is 0 Å². The summed E-state index contributed by atoms with van der Waals surface area (Å²) >= 11 is 6.39. The van der Waals surface area contributed by atoms with Crippen molar-refractivity contribution in [2.45, 2.75) is 38.0 Å². The van der Waals surface area contributed by atoms with Gasteiger partial charge in [-0.15, -0.1) is 0 Å². The van der Waals surface area contributed by atoms with Crippen LogP contribution >= 0.6 is 11.6 Å². The molecule has 0 spiro atoms. The van der Waals surface area contributed by atoms with Crippen LogP contribution in [-0.4, -0.2) is 24.4 Å². The van der Waals surface area contributed by atoms with E-state index in [1.54, 1.807) is 12.1 Å². The second-order valence-electron chi connectivity index (χ2n) is 6.96. The third-order valence-corrected chi connectivity index (χ3v) is 5.32. The molecule has 0 aromatic heterocycles. The van der Waals surface area contributed by atoms with Gasteiger partial charge in [0, 0.05) is 16.3 Å². The molecule has 0 bridgehead atoms. The minimum absolute atomic E-state index is 0.126. The van der Waals surface area contributed by atoms with Crippen LogP contribution in [-0.2, 0) is 9.47 Å². The van der Waals surface area contributed by atoms with Gasteiger partial charge < -0.3 is 19.9 Å². The van der Waals surface area contributed by atoms with Crippen LogP contribution in [0.1, 0.15) is 48.6 Å². The predicted octanol–water partition coefficient (Wildman–Crippen LogP) is 4.79. The number of fused-ring (bicyclic) bond motifs is 3. The standard InChI is InChI=1S/C20H22ClNO3/c1-11(2)12-3-6-17-15(9-12)19-20(25-8-7-24-19)18(22-17)14-5-4-13(23)10-16(14)21/h3-6,9-11,18-20,22-23H,7-8H2,1-2H3. The Hall–Kier alpha value is -1.75. The van der Waals surface area contributed by atoms with Gasteiger partial charge in [-0.05, 0) is 35.2 Å². The summed E-state index contributed by atoms with van der Waals surface area (Å²) in [6.07, 6.45) is -0.288. The summed E-state index contributed by atoms with van der Waals surface area (Å²) in [5.74, 6) is 0.612. The highest BCUT2D eigenvalue weighted by atomic mass is 35.5. The third-order valence-electron chi connectivity index (χ3n) is 5.00. The second kappa shape index (κ2) is 6.52. The number of nitrogens with one attached hydrogen (secondary N) is 1. The van der Waals surface area contributed by atoms with E-state index in [0.717, 1.165) is 16.8 Å². The van der Waals surface area contributed by atoms with E-state index < -0.39 is 0 Å². The number of anilines is 1. The maximum Gasteiger partial charge on any atom is 0.117 e. The molecule has 2 heterocycles. The summed E-state index contributed by atoms with van der Waals surface area (Å²) < 4.78 is 12.2. The van der Waals surface area contributed by atoms with Crippen molar-refractivity contribution in [2.24, 2.45) is 0 Å². The van der Waals surface area contributed by atoms with E-state index in [1.165, 1.54) is 5.56 Å². The highest BCUT2D eigenvalue weighted by molar-refractivity contribution is 6.31. The summed E-state index contributed by atoms with van der Waals surface area (Å²) in [5.41, 5.74) is 4.38. The molecule has 2 aromatic carbocycles. The summed E-state index contributed by atoms with van der Waals surface area (Å²) in [6.45, 7) is 5.52. The van der Waals surface area contributed by atoms with Gasteiger partial charge >= 0.3 is 0 Å². The Bertz CT molecular complexity index is 793. The molecule has 132 valence electrons. The van der Waals surface area contributed by atoms with Crippen molar-refractivity contribution < 1.29 is 14.6 Å². The van der Waals surface area contributed by atoms with Crippen LogP contribution in [0.25, 0.3) is 0 Å². The zero-order valence-electron chi connectivity index (χ0n) is 14.3. The van der Waals surface area contributed by atoms with Gasteiger partial charge in [0.05, 0.1) is 19.3 Å². The van der Waals surface area contributed by atoms with E-state index in [-0.39, 0.29) is 24.0 Å². The van der Waals surface area contributed by atoms with E-state index in [0.29, 0.717) is 24.2 Å². The molecular formula is C20H22ClNO3. The number of hydrogen-bond acceptors (Lipinski definition) is 4. The maximum atomic E-state index is 9.65. The third kappa shape index (κ3) is 2.99. The van der Waals surface area contributed by atoms with Gasteiger partial charge in [-0.3, -0.25) is 0 Å². The van der Waals surface area contributed by atoms with Gasteiger partial charge in [0.1, 0.15) is 18.0 Å². The predicted molar refractivity (Wildman–Crippen MR) is 98.4 cm³/mol. The molecule has 1 fully saturated rings. The fraction of sp³-hybridized carbons (Fsp3) is 0.400. The van der Waals surface area contributed by atoms with Gasteiger partial charge in [0.25, 0.3) is 0 Å². The first-order valence-electron chi connectivity index (χ1n) is 8.66. The Kier molecular flexibility index (Phi) is 4.36. The van der Waals surface area contributed by atoms with E-state index in [1.807, 2.05) is 6.07 Å². The molecule has 2 aliphatic rings. The quantitative estimate of drug-likeness (QED) is 0.809. The molecule has 4 rings (SSSR count). The van der Waals surface area contributed by atoms with Crippen molar-refractivity contribution >= 4 is 17.3 Å². The first kappa shape index (κ1) is 16.7. The zero-order chi connectivity index (χ0) is 17.6. The lowest BCUT2D eigenvalue weighted by Gasteiger charge is -2.43. The van der Waals surface area contributed by atoms with E-state index >= 15 is 0 Å². The molecule has 2 N–H and O–H groups in total. The topological polar surface area (TPSA) is 50.7 Å². The first-order chi connectivity index (χ1) is 12.0. The average Bonchev–Trinajstić information content (AvgIpc) is 2.61. The summed E-state index contributed by atoms with van der Waals surface area (Å²) in [5, 5.41) is 13.7. The number of phenols is 1. The van der Waals surface area contributed by atoms with Crippen molar-refractivity contribution in [3.8, 4) is 5.75 Å². The van der Waals surface area contributed by atoms with Crippen LogP contribution in [0.4, 0.5) is 5.69 Å². The molecule has 0 radical (unpaired) electrons. The van der Waals surface area contributed by atoms with E-state index in [2.05, 4.69) is 37.4 Å². The molecule has 0 amide bonds. The van der Waals surface area contributed by atoms with Crippen LogP contribution in [0.3, 0.4) is 0 Å². The maximum absolute atomic E-state index is 9.65. The van der Waals surface area contributed by atoms with Gasteiger partial charge in [-0.2, -0.15) is 0 Å². The number of aromatic hydroxyl groups is 1. The van der Waals surface area contributed by atoms with Crippen molar-refractivity contribution in [2.75, 3.05) is 18.5 Å². The number of rotatable bonds is 2. The summed E-state index contributed by atoms with van der Waals surface area (Å²) in [6, 6.07) is 11.4. The minimum atomic E-state index is -0.161. The van der Waals surface area contributed by atoms with Crippen molar-refractivity contribution in [1.82, 2.24) is 0 Å². The van der Waals surface area contributed by atoms with E-state index in [4.69, 9.17) is 21.1 Å². The van der Waals surface area contributed by atoms with Crippen molar-refractivity contribution in [3.63, 3.8) is 0 Å². The summed E-state index contributed by atoms with van der Waals surface area (Å²) in [4.78, 5) is 0. The second-order valence-corrected chi connectivity index (χ2v) is 7.36. The molecular weight excluding hydrogens is 338 g/mol. The smallest absolute Gasteiger partial charge is 0.117 e. The molecule has 5 heteroatoms. The Morgan fingerprint density at radius 3 is 2.64 bits per heavy atom. The molecule has 2 aliphatic heterocycles. The Morgan fingerprint density at radius 1 is 1.08 bits per heavy atom. The molecule has 2 aromatic rings. The number of hydrogen-bond donors (Lipinski definition) is 2. The van der Waals surface area contributed by atoms with Crippen LogP contribution in [0.2, 0.25) is 5.02 Å². The Labute approximate surface area is 152 Å². The number of ether oxygens (including phenoxy) is 2. The largest absolute Gasteiger partial charge is 0.508 e. The van der Waals surface area contributed by atoms with Gasteiger partial charge in [0.15, 0.2) is 0 Å². The van der Waals surface area contributed by atoms with Gasteiger partial charge in [-0.1, -0.05) is 43.6 Å². The minimum Gasteiger partial charge on any atom is -0.508 e. The monoisotopic (exact) mass is 359 g/mol. The Balaban J connectivity index is 1.78. The molecule has 1 saturated heterocycles. The average molecular weight is 360 g/mol. The lowest BCUT2D eigenvalue weighted by atomic mass is 9.86. The zero-order valence-corrected chi connectivity index (χ0v) is 15.1. The highest BCUT2D eigenvalue weighted by Gasteiger charge is 2.41. The number of phenolic OH excluding ortho intramolecular Hbond substituents is 1. The van der Waals surface area contributed by atoms with Crippen molar-refractivity contribution in [3.05, 3.63) is 58.1 Å². The fourth-order valence-electron chi connectivity index (χ4n) is 3.66.